The molecule has 0 aliphatic carbocycles. The van der Waals surface area contributed by atoms with Crippen LogP contribution in [0.3, 0.4) is 0 Å². The first-order chi connectivity index (χ1) is 14.4. The lowest BCUT2D eigenvalue weighted by atomic mass is 10.2. The van der Waals surface area contributed by atoms with Gasteiger partial charge in [0.15, 0.2) is 5.11 Å². The van der Waals surface area contributed by atoms with E-state index >= 15 is 0 Å². The normalized spacial score (nSPS) is 14.7. The molecular formula is C21H25N3O4S2. The molecule has 7 nitrogen and oxygen atoms in total. The van der Waals surface area contributed by atoms with E-state index in [4.69, 9.17) is 17.0 Å². The predicted molar refractivity (Wildman–Crippen MR) is 120 cm³/mol. The third kappa shape index (κ3) is 5.35. The first-order valence-electron chi connectivity index (χ1n) is 9.86. The highest BCUT2D eigenvalue weighted by atomic mass is 32.2. The van der Waals surface area contributed by atoms with Crippen molar-refractivity contribution in [1.29, 1.82) is 0 Å². The number of piperidine rings is 1. The summed E-state index contributed by atoms with van der Waals surface area (Å²) in [6.07, 6.45) is 2.84. The van der Waals surface area contributed by atoms with Gasteiger partial charge in [0.1, 0.15) is 5.75 Å². The van der Waals surface area contributed by atoms with E-state index < -0.39 is 10.0 Å². The predicted octanol–water partition coefficient (Wildman–Crippen LogP) is 3.39. The maximum absolute atomic E-state index is 12.7. The molecular weight excluding hydrogens is 422 g/mol. The molecule has 1 fully saturated rings. The van der Waals surface area contributed by atoms with Crippen LogP contribution in [0.15, 0.2) is 53.4 Å². The van der Waals surface area contributed by atoms with Crippen LogP contribution in [0.2, 0.25) is 0 Å². The van der Waals surface area contributed by atoms with E-state index in [1.54, 1.807) is 48.5 Å². The molecule has 9 heteroatoms. The molecule has 0 aromatic heterocycles. The molecule has 2 N–H and O–H groups in total. The van der Waals surface area contributed by atoms with Crippen LogP contribution in [-0.2, 0) is 10.0 Å². The van der Waals surface area contributed by atoms with Crippen LogP contribution in [0.1, 0.15) is 36.5 Å². The van der Waals surface area contributed by atoms with E-state index in [1.165, 1.54) is 4.31 Å². The van der Waals surface area contributed by atoms with Gasteiger partial charge >= 0.3 is 0 Å². The van der Waals surface area contributed by atoms with Gasteiger partial charge in [0.05, 0.1) is 17.1 Å². The molecule has 1 aliphatic rings. The van der Waals surface area contributed by atoms with E-state index in [1.807, 2.05) is 6.92 Å². The van der Waals surface area contributed by atoms with Crippen molar-refractivity contribution in [2.75, 3.05) is 25.0 Å². The number of sulfonamides is 1. The van der Waals surface area contributed by atoms with Crippen LogP contribution in [0.4, 0.5) is 5.69 Å². The van der Waals surface area contributed by atoms with Crippen molar-refractivity contribution in [3.63, 3.8) is 0 Å². The van der Waals surface area contributed by atoms with Gasteiger partial charge in [-0.05, 0) is 68.4 Å². The smallest absolute Gasteiger partial charge is 0.261 e. The van der Waals surface area contributed by atoms with E-state index in [2.05, 4.69) is 10.6 Å². The van der Waals surface area contributed by atoms with E-state index in [9.17, 15) is 13.2 Å². The average molecular weight is 448 g/mol. The Kier molecular flexibility index (Phi) is 7.41. The average Bonchev–Trinajstić information content (AvgIpc) is 2.75. The summed E-state index contributed by atoms with van der Waals surface area (Å²) in [6.45, 7) is 3.40. The molecule has 1 heterocycles. The minimum absolute atomic E-state index is 0.109. The summed E-state index contributed by atoms with van der Waals surface area (Å²) < 4.78 is 32.4. The van der Waals surface area contributed by atoms with Gasteiger partial charge in [-0.15, -0.1) is 0 Å². The molecule has 1 aliphatic heterocycles. The lowest BCUT2D eigenvalue weighted by Crippen LogP contribution is -2.35. The third-order valence-corrected chi connectivity index (χ3v) is 6.84. The number of hydrogen-bond acceptors (Lipinski definition) is 5. The highest BCUT2D eigenvalue weighted by molar-refractivity contribution is 7.89. The molecule has 0 unspecified atom stereocenters. The summed E-state index contributed by atoms with van der Waals surface area (Å²) in [6, 6.07) is 13.3. The number of ether oxygens (including phenoxy) is 1. The second-order valence-electron chi connectivity index (χ2n) is 6.83. The van der Waals surface area contributed by atoms with E-state index in [0.29, 0.717) is 36.7 Å². The standard InChI is InChI=1S/C21H25N3O4S2/c1-2-28-19-9-5-4-8-18(19)20(25)23-21(29)22-16-10-12-17(13-11-16)30(26,27)24-14-6-3-7-15-24/h4-5,8-13H,2-3,6-7,14-15H2,1H3,(H2,22,23,25,29). The zero-order valence-electron chi connectivity index (χ0n) is 16.8. The number of benzene rings is 2. The number of anilines is 1. The fourth-order valence-corrected chi connectivity index (χ4v) is 4.96. The van der Waals surface area contributed by atoms with Crippen LogP contribution in [0, 0.1) is 0 Å². The molecule has 1 amide bonds. The van der Waals surface area contributed by atoms with Crippen molar-refractivity contribution >= 4 is 38.9 Å². The lowest BCUT2D eigenvalue weighted by Gasteiger charge is -2.25. The van der Waals surface area contributed by atoms with Crippen LogP contribution in [0.5, 0.6) is 5.75 Å². The van der Waals surface area contributed by atoms with Crippen molar-refractivity contribution in [3.05, 3.63) is 54.1 Å². The number of para-hydroxylation sites is 1. The fourth-order valence-electron chi connectivity index (χ4n) is 3.23. The minimum Gasteiger partial charge on any atom is -0.493 e. The molecule has 0 atom stereocenters. The molecule has 0 saturated carbocycles. The van der Waals surface area contributed by atoms with Crippen molar-refractivity contribution in [2.45, 2.75) is 31.1 Å². The van der Waals surface area contributed by atoms with Crippen molar-refractivity contribution in [1.82, 2.24) is 9.62 Å². The minimum atomic E-state index is -3.48. The Morgan fingerprint density at radius 2 is 1.73 bits per heavy atom. The van der Waals surface area contributed by atoms with Gasteiger partial charge < -0.3 is 10.1 Å². The van der Waals surface area contributed by atoms with Gasteiger partial charge in [-0.2, -0.15) is 4.31 Å². The first kappa shape index (κ1) is 22.2. The van der Waals surface area contributed by atoms with Gasteiger partial charge in [-0.3, -0.25) is 10.1 Å². The largest absolute Gasteiger partial charge is 0.493 e. The third-order valence-electron chi connectivity index (χ3n) is 4.72. The number of hydrogen-bond donors (Lipinski definition) is 2. The van der Waals surface area contributed by atoms with Crippen LogP contribution in [0.25, 0.3) is 0 Å². The Bertz CT molecular complexity index is 1000. The van der Waals surface area contributed by atoms with Crippen molar-refractivity contribution in [2.24, 2.45) is 0 Å². The van der Waals surface area contributed by atoms with Crippen LogP contribution >= 0.6 is 12.2 Å². The first-order valence-corrected chi connectivity index (χ1v) is 11.7. The Morgan fingerprint density at radius 1 is 1.07 bits per heavy atom. The summed E-state index contributed by atoms with van der Waals surface area (Å²) >= 11 is 5.22. The highest BCUT2D eigenvalue weighted by Gasteiger charge is 2.25. The van der Waals surface area contributed by atoms with Crippen molar-refractivity contribution in [3.8, 4) is 5.75 Å². The highest BCUT2D eigenvalue weighted by Crippen LogP contribution is 2.22. The van der Waals surface area contributed by atoms with Crippen LogP contribution in [-0.4, -0.2) is 43.4 Å². The molecule has 160 valence electrons. The quantitative estimate of drug-likeness (QED) is 0.660. The molecule has 2 aromatic rings. The Morgan fingerprint density at radius 3 is 2.40 bits per heavy atom. The van der Waals surface area contributed by atoms with Crippen LogP contribution < -0.4 is 15.4 Å². The second kappa shape index (κ2) is 10.0. The molecule has 2 aromatic carbocycles. The zero-order chi connectivity index (χ0) is 21.6. The maximum atomic E-state index is 12.7. The molecule has 0 spiro atoms. The summed E-state index contributed by atoms with van der Waals surface area (Å²) in [5.41, 5.74) is 0.961. The molecule has 1 saturated heterocycles. The van der Waals surface area contributed by atoms with Gasteiger partial charge in [0.2, 0.25) is 10.0 Å². The Labute approximate surface area is 182 Å². The number of thiocarbonyl (C=S) groups is 1. The molecule has 3 rings (SSSR count). The molecule has 0 radical (unpaired) electrons. The Balaban J connectivity index is 1.63. The van der Waals surface area contributed by atoms with E-state index in [0.717, 1.165) is 19.3 Å². The number of nitrogens with zero attached hydrogens (tertiary/aromatic N) is 1. The number of rotatable bonds is 6. The molecule has 30 heavy (non-hydrogen) atoms. The number of amides is 1. The number of nitrogens with one attached hydrogen (secondary N) is 2. The van der Waals surface area contributed by atoms with Gasteiger partial charge in [0, 0.05) is 18.8 Å². The maximum Gasteiger partial charge on any atom is 0.261 e. The Hall–Kier alpha value is -2.49. The van der Waals surface area contributed by atoms with E-state index in [-0.39, 0.29) is 15.9 Å². The number of carbonyl (C=O) groups excluding carboxylic acids is 1. The van der Waals surface area contributed by atoms with Gasteiger partial charge in [-0.1, -0.05) is 18.6 Å². The lowest BCUT2D eigenvalue weighted by molar-refractivity contribution is 0.0974. The molecule has 0 bridgehead atoms. The van der Waals surface area contributed by atoms with Crippen molar-refractivity contribution < 1.29 is 17.9 Å². The summed E-state index contributed by atoms with van der Waals surface area (Å²) in [7, 11) is -3.48. The monoisotopic (exact) mass is 447 g/mol. The second-order valence-corrected chi connectivity index (χ2v) is 9.17. The summed E-state index contributed by atoms with van der Waals surface area (Å²) in [5.74, 6) is 0.0911. The SMILES string of the molecule is CCOc1ccccc1C(=O)NC(=S)Nc1ccc(S(=O)(=O)N2CCCCC2)cc1. The fraction of sp³-hybridized carbons (Fsp3) is 0.333. The number of carbonyl (C=O) groups is 1. The summed E-state index contributed by atoms with van der Waals surface area (Å²) in [5, 5.41) is 5.63. The van der Waals surface area contributed by atoms with Gasteiger partial charge in [0.25, 0.3) is 5.91 Å². The topological polar surface area (TPSA) is 87.7 Å². The van der Waals surface area contributed by atoms with Gasteiger partial charge in [-0.25, -0.2) is 8.42 Å². The zero-order valence-corrected chi connectivity index (χ0v) is 18.4. The summed E-state index contributed by atoms with van der Waals surface area (Å²) in [4.78, 5) is 12.7.